The summed E-state index contributed by atoms with van der Waals surface area (Å²) in [4.78, 5) is 4.46. The Labute approximate surface area is 117 Å². The average molecular weight is 282 g/mol. The molecule has 3 nitrogen and oxygen atoms in total. The molecule has 0 atom stereocenters. The fourth-order valence-electron chi connectivity index (χ4n) is 2.14. The van der Waals surface area contributed by atoms with Gasteiger partial charge in [-0.05, 0) is 24.6 Å². The summed E-state index contributed by atoms with van der Waals surface area (Å²) in [6.45, 7) is 4.87. The van der Waals surface area contributed by atoms with Gasteiger partial charge < -0.3 is 10.3 Å². The molecule has 0 aliphatic carbocycles. The van der Waals surface area contributed by atoms with Gasteiger partial charge in [0.25, 0.3) is 0 Å². The number of hydrogen-bond acceptors (Lipinski definition) is 2. The Balaban J connectivity index is 2.56. The van der Waals surface area contributed by atoms with E-state index in [1.807, 2.05) is 11.5 Å². The minimum Gasteiger partial charge on any atom is -0.383 e. The van der Waals surface area contributed by atoms with Crippen molar-refractivity contribution in [3.8, 4) is 11.3 Å². The molecule has 1 heterocycles. The van der Waals surface area contributed by atoms with Gasteiger partial charge in [0.2, 0.25) is 0 Å². The summed E-state index contributed by atoms with van der Waals surface area (Å²) in [5, 5.41) is 0.364. The van der Waals surface area contributed by atoms with Gasteiger partial charge in [0.1, 0.15) is 23.2 Å². The molecule has 2 N–H and O–H groups in total. The van der Waals surface area contributed by atoms with Gasteiger partial charge in [-0.25, -0.2) is 9.37 Å². The summed E-state index contributed by atoms with van der Waals surface area (Å²) in [7, 11) is 0. The zero-order valence-corrected chi connectivity index (χ0v) is 11.8. The lowest BCUT2D eigenvalue weighted by Gasteiger charge is -2.07. The third kappa shape index (κ3) is 2.59. The molecular formula is C14H17ClFN3. The van der Waals surface area contributed by atoms with E-state index in [1.54, 1.807) is 12.1 Å². The SMILES string of the molecule is CCCn1c(CC)nc(-c2ccc(Cl)cc2F)c1N. The number of rotatable bonds is 4. The van der Waals surface area contributed by atoms with Crippen molar-refractivity contribution in [2.75, 3.05) is 5.73 Å². The Morgan fingerprint density at radius 1 is 1.37 bits per heavy atom. The monoisotopic (exact) mass is 281 g/mol. The third-order valence-corrected chi connectivity index (χ3v) is 3.27. The molecule has 0 bridgehead atoms. The van der Waals surface area contributed by atoms with Crippen LogP contribution in [0.3, 0.4) is 0 Å². The van der Waals surface area contributed by atoms with Crippen molar-refractivity contribution in [3.05, 3.63) is 34.9 Å². The van der Waals surface area contributed by atoms with Gasteiger partial charge >= 0.3 is 0 Å². The van der Waals surface area contributed by atoms with Crippen molar-refractivity contribution in [2.24, 2.45) is 0 Å². The van der Waals surface area contributed by atoms with E-state index >= 15 is 0 Å². The highest BCUT2D eigenvalue weighted by atomic mass is 35.5. The largest absolute Gasteiger partial charge is 0.383 e. The maximum absolute atomic E-state index is 14.0. The van der Waals surface area contributed by atoms with E-state index in [4.69, 9.17) is 17.3 Å². The van der Waals surface area contributed by atoms with Crippen molar-refractivity contribution in [1.82, 2.24) is 9.55 Å². The van der Waals surface area contributed by atoms with Crippen LogP contribution in [0.15, 0.2) is 18.2 Å². The van der Waals surface area contributed by atoms with E-state index in [0.29, 0.717) is 22.1 Å². The Morgan fingerprint density at radius 3 is 2.68 bits per heavy atom. The van der Waals surface area contributed by atoms with Crippen LogP contribution in [-0.4, -0.2) is 9.55 Å². The number of aromatic nitrogens is 2. The maximum atomic E-state index is 14.0. The normalized spacial score (nSPS) is 10.9. The number of halogens is 2. The summed E-state index contributed by atoms with van der Waals surface area (Å²) in [6, 6.07) is 4.54. The van der Waals surface area contributed by atoms with Crippen LogP contribution in [0.1, 0.15) is 26.1 Å². The molecule has 2 aromatic rings. The second kappa shape index (κ2) is 5.61. The first kappa shape index (κ1) is 13.9. The molecule has 19 heavy (non-hydrogen) atoms. The molecule has 0 amide bonds. The molecule has 5 heteroatoms. The molecule has 0 saturated carbocycles. The van der Waals surface area contributed by atoms with E-state index in [0.717, 1.165) is 25.2 Å². The second-order valence-electron chi connectivity index (χ2n) is 4.39. The van der Waals surface area contributed by atoms with Gasteiger partial charge in [-0.1, -0.05) is 25.4 Å². The van der Waals surface area contributed by atoms with E-state index in [9.17, 15) is 4.39 Å². The van der Waals surface area contributed by atoms with Crippen molar-refractivity contribution in [2.45, 2.75) is 33.2 Å². The molecule has 0 aliphatic rings. The van der Waals surface area contributed by atoms with Crippen LogP contribution in [0.25, 0.3) is 11.3 Å². The lowest BCUT2D eigenvalue weighted by Crippen LogP contribution is -2.06. The molecule has 0 aliphatic heterocycles. The van der Waals surface area contributed by atoms with Crippen molar-refractivity contribution >= 4 is 17.4 Å². The Kier molecular flexibility index (Phi) is 4.10. The summed E-state index contributed by atoms with van der Waals surface area (Å²) in [6.07, 6.45) is 1.72. The fourth-order valence-corrected chi connectivity index (χ4v) is 2.30. The molecular weight excluding hydrogens is 265 g/mol. The molecule has 2 rings (SSSR count). The van der Waals surface area contributed by atoms with E-state index < -0.39 is 5.82 Å². The standard InChI is InChI=1S/C14H17ClFN3/c1-3-7-19-12(4-2)18-13(14(19)17)10-6-5-9(15)8-11(10)16/h5-6,8H,3-4,7,17H2,1-2H3. The minimum absolute atomic E-state index is 0.364. The van der Waals surface area contributed by atoms with Crippen LogP contribution in [0, 0.1) is 5.82 Å². The minimum atomic E-state index is -0.400. The predicted octanol–water partition coefficient (Wildman–Crippen LogP) is 3.90. The number of anilines is 1. The first-order valence-electron chi connectivity index (χ1n) is 6.38. The lowest BCUT2D eigenvalue weighted by molar-refractivity contribution is 0.631. The maximum Gasteiger partial charge on any atom is 0.134 e. The van der Waals surface area contributed by atoms with E-state index in [1.165, 1.54) is 6.07 Å². The summed E-state index contributed by atoms with van der Waals surface area (Å²) < 4.78 is 15.9. The number of benzene rings is 1. The molecule has 0 saturated heterocycles. The number of imidazole rings is 1. The highest BCUT2D eigenvalue weighted by molar-refractivity contribution is 6.30. The van der Waals surface area contributed by atoms with Crippen molar-refractivity contribution < 1.29 is 4.39 Å². The first-order chi connectivity index (χ1) is 9.08. The second-order valence-corrected chi connectivity index (χ2v) is 4.83. The first-order valence-corrected chi connectivity index (χ1v) is 6.76. The molecule has 102 valence electrons. The van der Waals surface area contributed by atoms with Crippen LogP contribution in [-0.2, 0) is 13.0 Å². The van der Waals surface area contributed by atoms with Gasteiger partial charge in [0.15, 0.2) is 0 Å². The van der Waals surface area contributed by atoms with Crippen LogP contribution in [0.2, 0.25) is 5.02 Å². The van der Waals surface area contributed by atoms with E-state index in [-0.39, 0.29) is 0 Å². The van der Waals surface area contributed by atoms with E-state index in [2.05, 4.69) is 11.9 Å². The quantitative estimate of drug-likeness (QED) is 0.924. The molecule has 1 aromatic carbocycles. The van der Waals surface area contributed by atoms with Crippen LogP contribution >= 0.6 is 11.6 Å². The third-order valence-electron chi connectivity index (χ3n) is 3.04. The summed E-state index contributed by atoms with van der Waals surface area (Å²) in [5.74, 6) is 0.992. The van der Waals surface area contributed by atoms with Gasteiger partial charge in [-0.2, -0.15) is 0 Å². The lowest BCUT2D eigenvalue weighted by atomic mass is 10.1. The number of hydrogen-bond donors (Lipinski definition) is 1. The van der Waals surface area contributed by atoms with Gasteiger partial charge in [-0.15, -0.1) is 0 Å². The van der Waals surface area contributed by atoms with Crippen LogP contribution in [0.5, 0.6) is 0 Å². The average Bonchev–Trinajstić information content (AvgIpc) is 2.68. The molecule has 0 spiro atoms. The number of nitrogens with two attached hydrogens (primary N) is 1. The summed E-state index contributed by atoms with van der Waals surface area (Å²) in [5.41, 5.74) is 7.00. The number of nitrogens with zero attached hydrogens (tertiary/aromatic N) is 2. The zero-order valence-electron chi connectivity index (χ0n) is 11.1. The molecule has 0 unspecified atom stereocenters. The summed E-state index contributed by atoms with van der Waals surface area (Å²) >= 11 is 5.76. The van der Waals surface area contributed by atoms with Gasteiger partial charge in [0, 0.05) is 23.6 Å². The highest BCUT2D eigenvalue weighted by Gasteiger charge is 2.17. The fraction of sp³-hybridized carbons (Fsp3) is 0.357. The smallest absolute Gasteiger partial charge is 0.134 e. The van der Waals surface area contributed by atoms with Gasteiger partial charge in [0.05, 0.1) is 0 Å². The molecule has 1 aromatic heterocycles. The molecule has 0 fully saturated rings. The Hall–Kier alpha value is -1.55. The topological polar surface area (TPSA) is 43.8 Å². The van der Waals surface area contributed by atoms with Crippen LogP contribution in [0.4, 0.5) is 10.2 Å². The predicted molar refractivity (Wildman–Crippen MR) is 76.7 cm³/mol. The number of nitrogen functional groups attached to an aromatic ring is 1. The Bertz CT molecular complexity index is 593. The Morgan fingerprint density at radius 2 is 2.11 bits per heavy atom. The van der Waals surface area contributed by atoms with Crippen molar-refractivity contribution in [3.63, 3.8) is 0 Å². The van der Waals surface area contributed by atoms with Gasteiger partial charge in [-0.3, -0.25) is 0 Å². The zero-order chi connectivity index (χ0) is 14.0. The number of aryl methyl sites for hydroxylation is 1. The van der Waals surface area contributed by atoms with Crippen LogP contribution < -0.4 is 5.73 Å². The molecule has 0 radical (unpaired) electrons. The van der Waals surface area contributed by atoms with Crippen molar-refractivity contribution in [1.29, 1.82) is 0 Å². The highest BCUT2D eigenvalue weighted by Crippen LogP contribution is 2.30.